The molecule has 0 aliphatic carbocycles. The monoisotopic (exact) mass is 247 g/mol. The first-order chi connectivity index (χ1) is 7.24. The molecule has 1 saturated heterocycles. The second kappa shape index (κ2) is 5.07. The van der Waals surface area contributed by atoms with Crippen molar-refractivity contribution in [3.63, 3.8) is 0 Å². The van der Waals surface area contributed by atoms with Gasteiger partial charge in [-0.2, -0.15) is 0 Å². The van der Waals surface area contributed by atoms with Gasteiger partial charge < -0.3 is 4.74 Å². The topological polar surface area (TPSA) is 38.2 Å². The van der Waals surface area contributed by atoms with Crippen LogP contribution in [-0.2, 0) is 11.3 Å². The summed E-state index contributed by atoms with van der Waals surface area (Å²) in [4.78, 5) is 10.2. The Kier molecular flexibility index (Phi) is 3.75. The summed E-state index contributed by atoms with van der Waals surface area (Å²) in [6.45, 7) is 4.11. The highest BCUT2D eigenvalue weighted by Gasteiger charge is 2.12. The number of halogens is 2. The Labute approximate surface area is 98.2 Å². The molecule has 0 bridgehead atoms. The molecule has 0 radical (unpaired) electrons. The third-order valence-electron chi connectivity index (χ3n) is 2.21. The maximum Gasteiger partial charge on any atom is 0.224 e. The Morgan fingerprint density at radius 2 is 2.00 bits per heavy atom. The van der Waals surface area contributed by atoms with Crippen LogP contribution in [0.2, 0.25) is 10.4 Å². The Morgan fingerprint density at radius 1 is 1.27 bits per heavy atom. The van der Waals surface area contributed by atoms with Crippen LogP contribution in [0.5, 0.6) is 0 Å². The summed E-state index contributed by atoms with van der Waals surface area (Å²) in [7, 11) is 0. The van der Waals surface area contributed by atoms with E-state index >= 15 is 0 Å². The number of hydrogen-bond donors (Lipinski definition) is 0. The molecular weight excluding hydrogens is 237 g/mol. The van der Waals surface area contributed by atoms with Crippen LogP contribution in [0.4, 0.5) is 0 Å². The highest BCUT2D eigenvalue weighted by Crippen LogP contribution is 2.12. The zero-order valence-electron chi connectivity index (χ0n) is 8.12. The molecule has 1 aromatic rings. The number of hydrogen-bond acceptors (Lipinski definition) is 4. The lowest BCUT2D eigenvalue weighted by Gasteiger charge is -2.26. The number of rotatable bonds is 2. The van der Waals surface area contributed by atoms with Gasteiger partial charge in [-0.3, -0.25) is 4.90 Å². The molecule has 6 heteroatoms. The minimum Gasteiger partial charge on any atom is -0.379 e. The van der Waals surface area contributed by atoms with Crippen molar-refractivity contribution in [2.24, 2.45) is 0 Å². The van der Waals surface area contributed by atoms with Gasteiger partial charge in [-0.05, 0) is 17.7 Å². The van der Waals surface area contributed by atoms with Crippen LogP contribution < -0.4 is 0 Å². The average molecular weight is 248 g/mol. The molecule has 2 rings (SSSR count). The Bertz CT molecular complexity index is 322. The van der Waals surface area contributed by atoms with Gasteiger partial charge >= 0.3 is 0 Å². The summed E-state index contributed by atoms with van der Waals surface area (Å²) in [6, 6.07) is 1.74. The van der Waals surface area contributed by atoms with Crippen LogP contribution in [0.25, 0.3) is 0 Å². The predicted molar refractivity (Wildman–Crippen MR) is 58.1 cm³/mol. The van der Waals surface area contributed by atoms with Crippen molar-refractivity contribution in [2.45, 2.75) is 6.54 Å². The van der Waals surface area contributed by atoms with E-state index in [-0.39, 0.29) is 5.28 Å². The fraction of sp³-hybridized carbons (Fsp3) is 0.556. The molecule has 0 saturated carbocycles. The minimum atomic E-state index is 0.200. The summed E-state index contributed by atoms with van der Waals surface area (Å²) in [5, 5.41) is 0.587. The molecule has 0 N–H and O–H groups in total. The number of nitrogens with zero attached hydrogens (tertiary/aromatic N) is 3. The Hall–Kier alpha value is -0.420. The standard InChI is InChI=1S/C9H11Cl2N3O/c10-8-5-7(12-9(11)13-8)6-14-1-3-15-4-2-14/h5H,1-4,6H2. The first kappa shape index (κ1) is 11.1. The fourth-order valence-electron chi connectivity index (χ4n) is 1.50. The summed E-state index contributed by atoms with van der Waals surface area (Å²) >= 11 is 11.5. The Morgan fingerprint density at radius 3 is 2.67 bits per heavy atom. The molecule has 0 aromatic carbocycles. The second-order valence-corrected chi connectivity index (χ2v) is 4.06. The molecule has 15 heavy (non-hydrogen) atoms. The maximum absolute atomic E-state index is 5.79. The first-order valence-corrected chi connectivity index (χ1v) is 5.49. The third kappa shape index (κ3) is 3.28. The van der Waals surface area contributed by atoms with Gasteiger partial charge in [0.15, 0.2) is 0 Å². The van der Waals surface area contributed by atoms with Gasteiger partial charge in [0.2, 0.25) is 5.28 Å². The number of morpholine rings is 1. The van der Waals surface area contributed by atoms with Crippen molar-refractivity contribution in [3.8, 4) is 0 Å². The van der Waals surface area contributed by atoms with Crippen molar-refractivity contribution in [3.05, 3.63) is 22.2 Å². The molecule has 1 aliphatic rings. The van der Waals surface area contributed by atoms with Gasteiger partial charge in [0.05, 0.1) is 18.9 Å². The predicted octanol–water partition coefficient (Wildman–Crippen LogP) is 1.62. The number of aromatic nitrogens is 2. The van der Waals surface area contributed by atoms with Gasteiger partial charge in [-0.15, -0.1) is 0 Å². The molecule has 1 aliphatic heterocycles. The zero-order chi connectivity index (χ0) is 10.7. The van der Waals surface area contributed by atoms with Gasteiger partial charge in [0.25, 0.3) is 0 Å². The van der Waals surface area contributed by atoms with E-state index in [9.17, 15) is 0 Å². The molecule has 1 aromatic heterocycles. The van der Waals surface area contributed by atoms with E-state index in [2.05, 4.69) is 14.9 Å². The smallest absolute Gasteiger partial charge is 0.224 e. The van der Waals surface area contributed by atoms with Gasteiger partial charge in [0.1, 0.15) is 5.15 Å². The van der Waals surface area contributed by atoms with E-state index in [1.165, 1.54) is 0 Å². The maximum atomic E-state index is 5.79. The largest absolute Gasteiger partial charge is 0.379 e. The minimum absolute atomic E-state index is 0.200. The van der Waals surface area contributed by atoms with E-state index in [1.54, 1.807) is 6.07 Å². The van der Waals surface area contributed by atoms with E-state index < -0.39 is 0 Å². The summed E-state index contributed by atoms with van der Waals surface area (Å²) in [5.41, 5.74) is 0.849. The van der Waals surface area contributed by atoms with Crippen LogP contribution in [0, 0.1) is 0 Å². The second-order valence-electron chi connectivity index (χ2n) is 3.34. The molecule has 0 spiro atoms. The highest BCUT2D eigenvalue weighted by molar-refractivity contribution is 6.31. The zero-order valence-corrected chi connectivity index (χ0v) is 9.63. The summed E-state index contributed by atoms with van der Waals surface area (Å²) in [6.07, 6.45) is 0. The lowest BCUT2D eigenvalue weighted by molar-refractivity contribution is 0.0336. The lowest BCUT2D eigenvalue weighted by atomic mass is 10.3. The van der Waals surface area contributed by atoms with Crippen LogP contribution in [-0.4, -0.2) is 41.2 Å². The van der Waals surface area contributed by atoms with Crippen LogP contribution in [0.15, 0.2) is 6.07 Å². The van der Waals surface area contributed by atoms with Gasteiger partial charge in [-0.1, -0.05) is 11.6 Å². The van der Waals surface area contributed by atoms with E-state index in [4.69, 9.17) is 27.9 Å². The molecule has 0 unspecified atom stereocenters. The third-order valence-corrected chi connectivity index (χ3v) is 2.57. The molecule has 0 amide bonds. The van der Waals surface area contributed by atoms with Gasteiger partial charge in [0, 0.05) is 19.6 Å². The molecule has 82 valence electrons. The highest BCUT2D eigenvalue weighted by atomic mass is 35.5. The van der Waals surface area contributed by atoms with Crippen molar-refractivity contribution in [1.82, 2.24) is 14.9 Å². The molecule has 2 heterocycles. The van der Waals surface area contributed by atoms with Crippen molar-refractivity contribution in [1.29, 1.82) is 0 Å². The summed E-state index contributed by atoms with van der Waals surface area (Å²) < 4.78 is 5.26. The number of ether oxygens (including phenoxy) is 1. The summed E-state index contributed by atoms with van der Waals surface area (Å²) in [5.74, 6) is 0. The normalized spacial score (nSPS) is 18.0. The first-order valence-electron chi connectivity index (χ1n) is 4.73. The van der Waals surface area contributed by atoms with Crippen LogP contribution in [0.3, 0.4) is 0 Å². The SMILES string of the molecule is Clc1cc(CN2CCOCC2)nc(Cl)n1. The molecule has 1 fully saturated rings. The van der Waals surface area contributed by atoms with Gasteiger partial charge in [-0.25, -0.2) is 9.97 Å². The van der Waals surface area contributed by atoms with Crippen molar-refractivity contribution >= 4 is 23.2 Å². The molecule has 0 atom stereocenters. The van der Waals surface area contributed by atoms with Crippen molar-refractivity contribution < 1.29 is 4.74 Å². The Balaban J connectivity index is 2.02. The van der Waals surface area contributed by atoms with E-state index in [0.29, 0.717) is 5.15 Å². The fourth-order valence-corrected chi connectivity index (χ4v) is 1.95. The molecular formula is C9H11Cl2N3O. The average Bonchev–Trinajstić information content (AvgIpc) is 2.17. The van der Waals surface area contributed by atoms with Crippen LogP contribution in [0.1, 0.15) is 5.69 Å². The molecule has 4 nitrogen and oxygen atoms in total. The van der Waals surface area contributed by atoms with Crippen molar-refractivity contribution in [2.75, 3.05) is 26.3 Å². The van der Waals surface area contributed by atoms with E-state index in [1.807, 2.05) is 0 Å². The lowest BCUT2D eigenvalue weighted by Crippen LogP contribution is -2.35. The quantitative estimate of drug-likeness (QED) is 0.588. The van der Waals surface area contributed by atoms with E-state index in [0.717, 1.165) is 38.5 Å². The van der Waals surface area contributed by atoms with Crippen LogP contribution >= 0.6 is 23.2 Å².